The Kier molecular flexibility index (Phi) is 8.15. The van der Waals surface area contributed by atoms with E-state index in [1.54, 1.807) is 12.1 Å². The molecule has 1 atom stereocenters. The Morgan fingerprint density at radius 3 is 2.46 bits per heavy atom. The first kappa shape index (κ1) is 25.8. The van der Waals surface area contributed by atoms with Crippen LogP contribution in [0.3, 0.4) is 0 Å². The van der Waals surface area contributed by atoms with Gasteiger partial charge in [0, 0.05) is 19.3 Å². The van der Waals surface area contributed by atoms with E-state index in [0.717, 1.165) is 11.1 Å². The molecule has 1 aromatic heterocycles. The normalized spacial score (nSPS) is 11.7. The van der Waals surface area contributed by atoms with Crippen LogP contribution in [0.25, 0.3) is 0 Å². The Morgan fingerprint density at radius 1 is 1.17 bits per heavy atom. The summed E-state index contributed by atoms with van der Waals surface area (Å²) in [5.74, 6) is -2.53. The van der Waals surface area contributed by atoms with E-state index in [2.05, 4.69) is 9.69 Å². The van der Waals surface area contributed by atoms with E-state index in [1.165, 1.54) is 36.3 Å². The van der Waals surface area contributed by atoms with Gasteiger partial charge in [-0.15, -0.1) is 0 Å². The molecule has 0 radical (unpaired) electrons. The van der Waals surface area contributed by atoms with Crippen molar-refractivity contribution in [1.29, 1.82) is 0 Å². The number of nitrogen functional groups attached to an aromatic ring is 1. The number of nitrogens with two attached hydrogens (primary N) is 2. The lowest BCUT2D eigenvalue weighted by Gasteiger charge is -2.32. The van der Waals surface area contributed by atoms with Gasteiger partial charge in [-0.1, -0.05) is 24.3 Å². The van der Waals surface area contributed by atoms with E-state index in [1.807, 2.05) is 19.9 Å². The first-order chi connectivity index (χ1) is 16.7. The molecular weight excluding hydrogens is 473 g/mol. The highest BCUT2D eigenvalue weighted by atomic mass is 32.1. The summed E-state index contributed by atoms with van der Waals surface area (Å²) in [6.07, 6.45) is 0. The molecule has 1 heterocycles. The van der Waals surface area contributed by atoms with Gasteiger partial charge in [0.2, 0.25) is 5.91 Å². The molecule has 0 unspecified atom stereocenters. The van der Waals surface area contributed by atoms with Gasteiger partial charge in [0.25, 0.3) is 11.8 Å². The third kappa shape index (κ3) is 5.47. The zero-order valence-corrected chi connectivity index (χ0v) is 20.3. The molecule has 2 aromatic carbocycles. The maximum absolute atomic E-state index is 14.0. The molecule has 0 spiro atoms. The number of ether oxygens (including phenoxy) is 1. The van der Waals surface area contributed by atoms with Gasteiger partial charge in [0.15, 0.2) is 5.69 Å². The molecule has 0 saturated heterocycles. The van der Waals surface area contributed by atoms with Crippen LogP contribution in [-0.4, -0.2) is 42.4 Å². The van der Waals surface area contributed by atoms with E-state index < -0.39 is 29.6 Å². The van der Waals surface area contributed by atoms with Crippen LogP contribution in [0.4, 0.5) is 15.8 Å². The second kappa shape index (κ2) is 11.1. The highest BCUT2D eigenvalue weighted by molar-refractivity contribution is 7.09. The largest absolute Gasteiger partial charge is 0.395 e. The average molecular weight is 500 g/mol. The molecule has 0 aliphatic heterocycles. The SMILES string of the molecule is COCCNC(=O)[C@H](c1ccc(F)cc1)N(C(=O)c1snc(C(N)=O)c1N)c1cccc(C)c1C. The molecule has 3 amide bonds. The Bertz CT molecular complexity index is 1250. The summed E-state index contributed by atoms with van der Waals surface area (Å²) in [7, 11) is 1.50. The van der Waals surface area contributed by atoms with Gasteiger partial charge in [-0.3, -0.25) is 19.3 Å². The highest BCUT2D eigenvalue weighted by Gasteiger charge is 2.36. The average Bonchev–Trinajstić information content (AvgIpc) is 3.21. The highest BCUT2D eigenvalue weighted by Crippen LogP contribution is 2.35. The molecule has 0 saturated carbocycles. The van der Waals surface area contributed by atoms with Crippen LogP contribution in [0, 0.1) is 19.7 Å². The quantitative estimate of drug-likeness (QED) is 0.387. The predicted molar refractivity (Wildman–Crippen MR) is 132 cm³/mol. The number of aromatic nitrogens is 1. The minimum absolute atomic E-state index is 0.0449. The van der Waals surface area contributed by atoms with E-state index >= 15 is 0 Å². The molecule has 5 N–H and O–H groups in total. The fraction of sp³-hybridized carbons (Fsp3) is 0.250. The number of halogens is 1. The molecule has 3 aromatic rings. The third-order valence-corrected chi connectivity index (χ3v) is 6.36. The third-order valence-electron chi connectivity index (χ3n) is 5.51. The van der Waals surface area contributed by atoms with Crippen molar-refractivity contribution < 1.29 is 23.5 Å². The fourth-order valence-electron chi connectivity index (χ4n) is 3.54. The summed E-state index contributed by atoms with van der Waals surface area (Å²) in [5, 5.41) is 2.76. The fourth-order valence-corrected chi connectivity index (χ4v) is 4.28. The monoisotopic (exact) mass is 499 g/mol. The summed E-state index contributed by atoms with van der Waals surface area (Å²) in [4.78, 5) is 40.4. The second-order valence-electron chi connectivity index (χ2n) is 7.77. The number of primary amides is 1. The van der Waals surface area contributed by atoms with Gasteiger partial charge >= 0.3 is 0 Å². The molecule has 0 aliphatic rings. The number of methoxy groups -OCH3 is 1. The van der Waals surface area contributed by atoms with Crippen LogP contribution < -0.4 is 21.7 Å². The van der Waals surface area contributed by atoms with Gasteiger partial charge in [-0.2, -0.15) is 4.37 Å². The second-order valence-corrected chi connectivity index (χ2v) is 8.54. The Morgan fingerprint density at radius 2 is 1.86 bits per heavy atom. The smallest absolute Gasteiger partial charge is 0.273 e. The van der Waals surface area contributed by atoms with Gasteiger partial charge in [-0.25, -0.2) is 4.39 Å². The zero-order valence-electron chi connectivity index (χ0n) is 19.5. The first-order valence-corrected chi connectivity index (χ1v) is 11.4. The number of anilines is 2. The summed E-state index contributed by atoms with van der Waals surface area (Å²) < 4.78 is 22.7. The lowest BCUT2D eigenvalue weighted by atomic mass is 10.00. The van der Waals surface area contributed by atoms with Gasteiger partial charge < -0.3 is 21.5 Å². The number of amides is 3. The summed E-state index contributed by atoms with van der Waals surface area (Å²) >= 11 is 0.715. The maximum Gasteiger partial charge on any atom is 0.273 e. The van der Waals surface area contributed by atoms with Crippen LogP contribution >= 0.6 is 11.5 Å². The molecule has 11 heteroatoms. The maximum atomic E-state index is 14.0. The minimum atomic E-state index is -1.20. The summed E-state index contributed by atoms with van der Waals surface area (Å²) in [5.41, 5.74) is 13.4. The van der Waals surface area contributed by atoms with Crippen LogP contribution in [0.1, 0.15) is 42.9 Å². The van der Waals surface area contributed by atoms with Crippen LogP contribution in [0.15, 0.2) is 42.5 Å². The molecule has 3 rings (SSSR count). The van der Waals surface area contributed by atoms with Crippen molar-refractivity contribution in [3.63, 3.8) is 0 Å². The topological polar surface area (TPSA) is 141 Å². The van der Waals surface area contributed by atoms with Crippen molar-refractivity contribution >= 4 is 40.6 Å². The standard InChI is InChI=1S/C24H26FN5O4S/c1-13-5-4-6-17(14(13)2)30(24(33)21-18(26)19(22(27)31)29-35-21)20(23(32)28-11-12-34-3)15-7-9-16(25)10-8-15/h4-10,20H,11-12,26H2,1-3H3,(H2,27,31)(H,28,32)/t20-/m0/s1. The Labute approximate surface area is 206 Å². The van der Waals surface area contributed by atoms with E-state index in [-0.39, 0.29) is 29.4 Å². The number of hydrogen-bond acceptors (Lipinski definition) is 7. The summed E-state index contributed by atoms with van der Waals surface area (Å²) in [6, 6.07) is 9.43. The summed E-state index contributed by atoms with van der Waals surface area (Å²) in [6.45, 7) is 4.14. The van der Waals surface area contributed by atoms with Crippen LogP contribution in [0.5, 0.6) is 0 Å². The van der Waals surface area contributed by atoms with Crippen molar-refractivity contribution in [2.75, 3.05) is 30.9 Å². The number of hydrogen-bond donors (Lipinski definition) is 3. The first-order valence-electron chi connectivity index (χ1n) is 10.6. The number of aryl methyl sites for hydroxylation is 1. The molecule has 184 valence electrons. The number of carbonyl (C=O) groups is 3. The lowest BCUT2D eigenvalue weighted by molar-refractivity contribution is -0.122. The number of benzene rings is 2. The molecule has 0 fully saturated rings. The lowest BCUT2D eigenvalue weighted by Crippen LogP contribution is -2.45. The Balaban J connectivity index is 2.23. The molecule has 0 aliphatic carbocycles. The van der Waals surface area contributed by atoms with E-state index in [4.69, 9.17) is 16.2 Å². The number of nitrogens with zero attached hydrogens (tertiary/aromatic N) is 2. The molecular formula is C24H26FN5O4S. The van der Waals surface area contributed by atoms with Crippen molar-refractivity contribution in [2.45, 2.75) is 19.9 Å². The molecule has 0 bridgehead atoms. The van der Waals surface area contributed by atoms with Gasteiger partial charge in [-0.05, 0) is 60.3 Å². The Hall–Kier alpha value is -3.83. The van der Waals surface area contributed by atoms with E-state index in [0.29, 0.717) is 22.8 Å². The van der Waals surface area contributed by atoms with Crippen molar-refractivity contribution in [3.8, 4) is 0 Å². The van der Waals surface area contributed by atoms with Gasteiger partial charge in [0.05, 0.1) is 12.3 Å². The van der Waals surface area contributed by atoms with Crippen LogP contribution in [0.2, 0.25) is 0 Å². The molecule has 9 nitrogen and oxygen atoms in total. The van der Waals surface area contributed by atoms with Crippen molar-refractivity contribution in [2.24, 2.45) is 5.73 Å². The number of nitrogens with one attached hydrogen (secondary N) is 1. The minimum Gasteiger partial charge on any atom is -0.395 e. The van der Waals surface area contributed by atoms with Gasteiger partial charge in [0.1, 0.15) is 16.7 Å². The zero-order chi connectivity index (χ0) is 25.7. The van der Waals surface area contributed by atoms with Crippen molar-refractivity contribution in [3.05, 3.63) is 75.5 Å². The number of carbonyl (C=O) groups excluding carboxylic acids is 3. The number of rotatable bonds is 9. The van der Waals surface area contributed by atoms with E-state index in [9.17, 15) is 18.8 Å². The molecule has 35 heavy (non-hydrogen) atoms. The van der Waals surface area contributed by atoms with Crippen molar-refractivity contribution in [1.82, 2.24) is 9.69 Å². The predicted octanol–water partition coefficient (Wildman–Crippen LogP) is 2.73. The van der Waals surface area contributed by atoms with Crippen LogP contribution in [-0.2, 0) is 9.53 Å².